The lowest BCUT2D eigenvalue weighted by Crippen LogP contribution is -2.36. The fourth-order valence-electron chi connectivity index (χ4n) is 4.12. The third kappa shape index (κ3) is 3.66. The molecule has 1 fully saturated rings. The van der Waals surface area contributed by atoms with E-state index in [9.17, 15) is 4.79 Å². The van der Waals surface area contributed by atoms with Crippen LogP contribution in [0.15, 0.2) is 42.5 Å². The summed E-state index contributed by atoms with van der Waals surface area (Å²) in [5, 5.41) is 2.66. The van der Waals surface area contributed by atoms with Gasteiger partial charge in [-0.2, -0.15) is 0 Å². The highest BCUT2D eigenvalue weighted by Crippen LogP contribution is 2.43. The molecular weight excluding hydrogens is 295 g/mol. The summed E-state index contributed by atoms with van der Waals surface area (Å²) >= 11 is 0. The minimum absolute atomic E-state index is 0.0151. The van der Waals surface area contributed by atoms with E-state index in [0.717, 1.165) is 38.5 Å². The molecule has 1 atom stereocenters. The van der Waals surface area contributed by atoms with E-state index in [1.165, 1.54) is 16.3 Å². The largest absolute Gasteiger partial charge is 0.543 e. The zero-order valence-electron chi connectivity index (χ0n) is 14.4. The minimum atomic E-state index is -0.225. The molecule has 0 N–H and O–H groups in total. The first-order valence-corrected chi connectivity index (χ1v) is 9.10. The molecule has 0 aromatic heterocycles. The van der Waals surface area contributed by atoms with Crippen molar-refractivity contribution in [3.63, 3.8) is 0 Å². The molecule has 0 aliphatic heterocycles. The van der Waals surface area contributed by atoms with Gasteiger partial charge in [0.05, 0.1) is 5.92 Å². The van der Waals surface area contributed by atoms with Crippen LogP contribution in [0.25, 0.3) is 10.8 Å². The second kappa shape index (κ2) is 7.87. The molecular formula is C21H25BO2. The first-order valence-electron chi connectivity index (χ1n) is 9.10. The smallest absolute Gasteiger partial charge is 0.378 e. The zero-order valence-corrected chi connectivity index (χ0v) is 14.4. The Morgan fingerprint density at radius 2 is 1.96 bits per heavy atom. The molecule has 2 radical (unpaired) electrons. The first-order chi connectivity index (χ1) is 11.7. The summed E-state index contributed by atoms with van der Waals surface area (Å²) in [5.41, 5.74) is 1.42. The molecule has 1 saturated carbocycles. The predicted molar refractivity (Wildman–Crippen MR) is 98.7 cm³/mol. The van der Waals surface area contributed by atoms with Gasteiger partial charge < -0.3 is 4.65 Å². The van der Waals surface area contributed by atoms with Gasteiger partial charge in [0.15, 0.2) is 0 Å². The molecule has 1 unspecified atom stereocenters. The van der Waals surface area contributed by atoms with E-state index in [1.807, 2.05) is 0 Å². The number of carbonyl (C=O) groups excluding carboxylic acids is 1. The summed E-state index contributed by atoms with van der Waals surface area (Å²) in [7, 11) is 5.13. The van der Waals surface area contributed by atoms with Gasteiger partial charge in [0.2, 0.25) is 0 Å². The van der Waals surface area contributed by atoms with Gasteiger partial charge >= 0.3 is 8.05 Å². The van der Waals surface area contributed by atoms with Crippen molar-refractivity contribution in [1.29, 1.82) is 0 Å². The number of unbranched alkanes of at least 4 members (excludes halogenated alkanes) is 1. The SMILES string of the molecule is [B]OC(=O)C(CCCC)C1CC(Cc2cccc3ccccc23)C1. The van der Waals surface area contributed by atoms with Crippen LogP contribution in [0.1, 0.15) is 44.6 Å². The third-order valence-corrected chi connectivity index (χ3v) is 5.52. The Hall–Kier alpha value is -1.77. The maximum atomic E-state index is 11.9. The van der Waals surface area contributed by atoms with Crippen molar-refractivity contribution in [2.24, 2.45) is 17.8 Å². The molecule has 124 valence electrons. The maximum Gasteiger partial charge on any atom is 0.378 e. The van der Waals surface area contributed by atoms with Crippen molar-refractivity contribution in [2.75, 3.05) is 0 Å². The van der Waals surface area contributed by atoms with Crippen LogP contribution in [0.3, 0.4) is 0 Å². The Bertz CT molecular complexity index is 686. The Morgan fingerprint density at radius 3 is 2.71 bits per heavy atom. The van der Waals surface area contributed by atoms with E-state index in [2.05, 4.69) is 54.0 Å². The predicted octanol–water partition coefficient (Wildman–Crippen LogP) is 4.84. The fourth-order valence-corrected chi connectivity index (χ4v) is 4.12. The molecule has 1 aliphatic carbocycles. The van der Waals surface area contributed by atoms with Gasteiger partial charge in [-0.1, -0.05) is 62.2 Å². The number of hydrogen-bond acceptors (Lipinski definition) is 2. The average molecular weight is 320 g/mol. The van der Waals surface area contributed by atoms with Crippen LogP contribution in [-0.4, -0.2) is 14.0 Å². The number of rotatable bonds is 7. The van der Waals surface area contributed by atoms with Crippen LogP contribution in [0.5, 0.6) is 0 Å². The zero-order chi connectivity index (χ0) is 16.9. The summed E-state index contributed by atoms with van der Waals surface area (Å²) in [6.07, 6.45) is 6.36. The van der Waals surface area contributed by atoms with Crippen molar-refractivity contribution in [3.8, 4) is 0 Å². The maximum absolute atomic E-state index is 11.9. The Labute approximate surface area is 146 Å². The van der Waals surface area contributed by atoms with E-state index in [1.54, 1.807) is 0 Å². The Balaban J connectivity index is 1.62. The molecule has 0 saturated heterocycles. The lowest BCUT2D eigenvalue weighted by molar-refractivity contribution is -0.142. The van der Waals surface area contributed by atoms with Gasteiger partial charge in [0, 0.05) is 0 Å². The molecule has 24 heavy (non-hydrogen) atoms. The van der Waals surface area contributed by atoms with Gasteiger partial charge in [0.25, 0.3) is 5.97 Å². The quantitative estimate of drug-likeness (QED) is 0.682. The molecule has 1 aliphatic rings. The third-order valence-electron chi connectivity index (χ3n) is 5.52. The van der Waals surface area contributed by atoms with Gasteiger partial charge in [-0.3, -0.25) is 4.79 Å². The number of benzene rings is 2. The summed E-state index contributed by atoms with van der Waals surface area (Å²) < 4.78 is 4.54. The van der Waals surface area contributed by atoms with Crippen LogP contribution in [0, 0.1) is 17.8 Å². The number of fused-ring (bicyclic) bond motifs is 1. The first kappa shape index (κ1) is 17.1. The lowest BCUT2D eigenvalue weighted by Gasteiger charge is -2.40. The molecule has 3 rings (SSSR count). The van der Waals surface area contributed by atoms with E-state index in [4.69, 9.17) is 8.05 Å². The summed E-state index contributed by atoms with van der Waals surface area (Å²) in [5.74, 6) is 0.860. The van der Waals surface area contributed by atoms with Gasteiger partial charge in [-0.15, -0.1) is 0 Å². The van der Waals surface area contributed by atoms with Crippen LogP contribution in [0.2, 0.25) is 0 Å². The van der Waals surface area contributed by atoms with Crippen molar-refractivity contribution in [2.45, 2.75) is 45.4 Å². The Morgan fingerprint density at radius 1 is 1.21 bits per heavy atom. The number of carbonyl (C=O) groups is 1. The molecule has 0 amide bonds. The molecule has 0 bridgehead atoms. The second-order valence-corrected chi connectivity index (χ2v) is 7.13. The molecule has 0 heterocycles. The van der Waals surface area contributed by atoms with Crippen LogP contribution in [0.4, 0.5) is 0 Å². The molecule has 2 aromatic rings. The van der Waals surface area contributed by atoms with E-state index < -0.39 is 0 Å². The summed E-state index contributed by atoms with van der Waals surface area (Å²) in [6, 6.07) is 15.1. The van der Waals surface area contributed by atoms with Gasteiger partial charge in [0.1, 0.15) is 0 Å². The highest BCUT2D eigenvalue weighted by Gasteiger charge is 2.38. The van der Waals surface area contributed by atoms with Crippen LogP contribution < -0.4 is 0 Å². The van der Waals surface area contributed by atoms with Crippen molar-refractivity contribution in [1.82, 2.24) is 0 Å². The summed E-state index contributed by atoms with van der Waals surface area (Å²) in [6.45, 7) is 2.15. The average Bonchev–Trinajstić information content (AvgIpc) is 2.59. The molecule has 2 nitrogen and oxygen atoms in total. The van der Waals surface area contributed by atoms with Crippen molar-refractivity contribution < 1.29 is 9.45 Å². The topological polar surface area (TPSA) is 26.3 Å². The van der Waals surface area contributed by atoms with E-state index >= 15 is 0 Å². The van der Waals surface area contributed by atoms with Crippen molar-refractivity contribution >= 4 is 24.8 Å². The highest BCUT2D eigenvalue weighted by molar-refractivity contribution is 6.05. The van der Waals surface area contributed by atoms with E-state index in [0.29, 0.717) is 11.8 Å². The molecule has 2 aromatic carbocycles. The normalized spacial score (nSPS) is 21.2. The monoisotopic (exact) mass is 320 g/mol. The second-order valence-electron chi connectivity index (χ2n) is 7.13. The Kier molecular flexibility index (Phi) is 5.60. The lowest BCUT2D eigenvalue weighted by atomic mass is 9.65. The van der Waals surface area contributed by atoms with Crippen LogP contribution >= 0.6 is 0 Å². The minimum Gasteiger partial charge on any atom is -0.543 e. The number of hydrogen-bond donors (Lipinski definition) is 0. The van der Waals surface area contributed by atoms with E-state index in [-0.39, 0.29) is 11.9 Å². The molecule has 3 heteroatoms. The molecule has 0 spiro atoms. The standard InChI is InChI=1S/C21H25BO2/c1-2-3-10-20(21(23)24-22)18-13-15(14-18)12-17-9-6-8-16-7-4-5-11-19(16)17/h4-9,11,15,18,20H,2-3,10,12-14H2,1H3. The van der Waals surface area contributed by atoms with Crippen LogP contribution in [-0.2, 0) is 15.9 Å². The van der Waals surface area contributed by atoms with Gasteiger partial charge in [-0.05, 0) is 53.9 Å². The highest BCUT2D eigenvalue weighted by atomic mass is 16.5. The summed E-state index contributed by atoms with van der Waals surface area (Å²) in [4.78, 5) is 11.9. The van der Waals surface area contributed by atoms with Gasteiger partial charge in [-0.25, -0.2) is 0 Å². The fraction of sp³-hybridized carbons (Fsp3) is 0.476. The van der Waals surface area contributed by atoms with Crippen molar-refractivity contribution in [3.05, 3.63) is 48.0 Å².